The molecule has 0 spiro atoms. The average molecular weight is 1330 g/mol. The third-order valence-electron chi connectivity index (χ3n) is 17.2. The van der Waals surface area contributed by atoms with Gasteiger partial charge in [0, 0.05) is 82.9 Å². The summed E-state index contributed by atoms with van der Waals surface area (Å²) in [5, 5.41) is 23.6. The van der Waals surface area contributed by atoms with Crippen molar-refractivity contribution in [2.75, 3.05) is 13.2 Å². The number of rotatable bonds is 30. The van der Waals surface area contributed by atoms with Crippen LogP contribution >= 0.6 is 0 Å². The number of aromatic nitrogens is 3. The number of hydrogen-bond donors (Lipinski definition) is 13. The van der Waals surface area contributed by atoms with Crippen LogP contribution in [0.4, 0.5) is 4.79 Å². The van der Waals surface area contributed by atoms with Crippen LogP contribution in [0.1, 0.15) is 79.8 Å². The molecule has 0 radical (unpaired) electrons. The first-order chi connectivity index (χ1) is 47.2. The number of hydrogen-bond acceptors (Lipinski definition) is 11. The lowest BCUT2D eigenvalue weighted by Gasteiger charge is -2.27. The Morgan fingerprint density at radius 1 is 0.469 bits per heavy atom. The lowest BCUT2D eigenvalue weighted by Crippen LogP contribution is -2.60. The lowest BCUT2D eigenvalue weighted by molar-refractivity contribution is -0.136. The van der Waals surface area contributed by atoms with Crippen molar-refractivity contribution in [1.29, 1.82) is 0 Å². The van der Waals surface area contributed by atoms with Gasteiger partial charge in [-0.2, -0.15) is 0 Å². The second kappa shape index (κ2) is 31.6. The molecule has 0 bridgehead atoms. The van der Waals surface area contributed by atoms with Crippen LogP contribution < -0.4 is 54.0 Å². The number of primary amides is 2. The highest BCUT2D eigenvalue weighted by molar-refractivity contribution is 6.03. The molecule has 0 unspecified atom stereocenters. The fourth-order valence-electron chi connectivity index (χ4n) is 12.4. The zero-order valence-corrected chi connectivity index (χ0v) is 54.6. The van der Waals surface area contributed by atoms with Crippen LogP contribution in [0.25, 0.3) is 43.8 Å². The molecule has 24 nitrogen and oxygen atoms in total. The van der Waals surface area contributed by atoms with Gasteiger partial charge in [0.25, 0.3) is 5.91 Å². The van der Waals surface area contributed by atoms with Crippen molar-refractivity contribution >= 4 is 92.0 Å². The Kier molecular flexibility index (Phi) is 22.3. The molecule has 0 saturated heterocycles. The molecule has 3 heterocycles. The van der Waals surface area contributed by atoms with Gasteiger partial charge in [0.05, 0.1) is 13.0 Å². The van der Waals surface area contributed by atoms with Crippen LogP contribution in [-0.2, 0) is 73.6 Å². The number of nitrogens with two attached hydrogens (primary N) is 2. The number of fused-ring (bicyclic) bond motifs is 6. The number of benzene rings is 6. The van der Waals surface area contributed by atoms with E-state index in [1.165, 1.54) is 0 Å². The van der Waals surface area contributed by atoms with E-state index in [2.05, 4.69) is 57.5 Å². The molecule has 3 aromatic heterocycles. The van der Waals surface area contributed by atoms with Crippen LogP contribution in [0.2, 0.25) is 0 Å². The van der Waals surface area contributed by atoms with E-state index in [0.717, 1.165) is 44.1 Å². The fraction of sp³-hybridized carbons (Fsp3) is 0.270. The predicted molar refractivity (Wildman–Crippen MR) is 370 cm³/mol. The van der Waals surface area contributed by atoms with E-state index in [1.54, 1.807) is 94.8 Å². The smallest absolute Gasteiger partial charge is 0.407 e. The second-order valence-corrected chi connectivity index (χ2v) is 25.0. The molecule has 98 heavy (non-hydrogen) atoms. The number of allylic oxidation sites excluding steroid dienone is 1. The van der Waals surface area contributed by atoms with Crippen molar-refractivity contribution in [2.45, 2.75) is 108 Å². The number of carbonyl (C=O) groups is 10. The summed E-state index contributed by atoms with van der Waals surface area (Å²) in [6.07, 6.45) is 3.15. The monoisotopic (exact) mass is 1330 g/mol. The van der Waals surface area contributed by atoms with Crippen LogP contribution in [-0.4, -0.2) is 124 Å². The highest BCUT2D eigenvalue weighted by Gasteiger charge is 2.36. The number of ether oxygens (including phenoxy) is 1. The summed E-state index contributed by atoms with van der Waals surface area (Å²) in [5.74, 6) is -8.39. The van der Waals surface area contributed by atoms with Crippen molar-refractivity contribution in [1.82, 2.24) is 57.5 Å². The fourth-order valence-corrected chi connectivity index (χ4v) is 12.4. The summed E-state index contributed by atoms with van der Waals surface area (Å²) in [6.45, 7) is 6.05. The molecule has 0 fully saturated rings. The maximum absolute atomic E-state index is 14.9. The van der Waals surface area contributed by atoms with Gasteiger partial charge in [0.2, 0.25) is 47.3 Å². The summed E-state index contributed by atoms with van der Waals surface area (Å²) in [5.41, 5.74) is 20.5. The quantitative estimate of drug-likeness (QED) is 0.0243. The molecule has 24 heteroatoms. The topological polar surface area (TPSA) is 376 Å². The number of H-pyrrole nitrogens is 3. The van der Waals surface area contributed by atoms with Crippen molar-refractivity contribution < 1.29 is 52.7 Å². The molecule has 6 aromatic carbocycles. The summed E-state index contributed by atoms with van der Waals surface area (Å²) in [7, 11) is 0. The van der Waals surface area contributed by atoms with Gasteiger partial charge in [-0.1, -0.05) is 147 Å². The zero-order valence-electron chi connectivity index (χ0n) is 54.6. The maximum atomic E-state index is 14.9. The second-order valence-electron chi connectivity index (χ2n) is 25.0. The molecule has 1 aliphatic carbocycles. The molecule has 0 saturated carbocycles. The van der Waals surface area contributed by atoms with Crippen molar-refractivity contribution in [3.63, 3.8) is 0 Å². The Hall–Kier alpha value is -11.8. The Morgan fingerprint density at radius 2 is 0.898 bits per heavy atom. The van der Waals surface area contributed by atoms with Gasteiger partial charge in [-0.3, -0.25) is 43.2 Å². The lowest BCUT2D eigenvalue weighted by atomic mass is 9.98. The molecular formula is C74H79N13O11. The highest BCUT2D eigenvalue weighted by Crippen LogP contribution is 2.44. The minimum absolute atomic E-state index is 0.00112. The van der Waals surface area contributed by atoms with E-state index in [9.17, 15) is 47.9 Å². The van der Waals surface area contributed by atoms with E-state index in [4.69, 9.17) is 16.2 Å². The molecule has 10 amide bonds. The largest absolute Gasteiger partial charge is 0.449 e. The van der Waals surface area contributed by atoms with Crippen LogP contribution in [0.3, 0.4) is 0 Å². The van der Waals surface area contributed by atoms with E-state index in [1.807, 2.05) is 103 Å². The van der Waals surface area contributed by atoms with E-state index >= 15 is 0 Å². The molecule has 15 N–H and O–H groups in total. The summed E-state index contributed by atoms with van der Waals surface area (Å²) in [6, 6.07) is 38.1. The zero-order chi connectivity index (χ0) is 69.6. The van der Waals surface area contributed by atoms with E-state index in [0.29, 0.717) is 38.7 Å². The average Bonchev–Trinajstić information content (AvgIpc) is 1.62. The van der Waals surface area contributed by atoms with Gasteiger partial charge in [-0.15, -0.1) is 0 Å². The van der Waals surface area contributed by atoms with Crippen molar-refractivity contribution in [2.24, 2.45) is 17.4 Å². The summed E-state index contributed by atoms with van der Waals surface area (Å²) >= 11 is 0. The van der Waals surface area contributed by atoms with E-state index < -0.39 is 108 Å². The van der Waals surface area contributed by atoms with E-state index in [-0.39, 0.29) is 56.2 Å². The van der Waals surface area contributed by atoms with Gasteiger partial charge in [-0.05, 0) is 94.5 Å². The Morgan fingerprint density at radius 3 is 1.38 bits per heavy atom. The molecule has 506 valence electrons. The molecule has 0 aliphatic heterocycles. The minimum atomic E-state index is -1.74. The van der Waals surface area contributed by atoms with Gasteiger partial charge in [0.1, 0.15) is 48.6 Å². The molecular weight excluding hydrogens is 1250 g/mol. The highest BCUT2D eigenvalue weighted by atomic mass is 16.5. The van der Waals surface area contributed by atoms with Crippen molar-refractivity contribution in [3.05, 3.63) is 215 Å². The molecule has 9 aromatic rings. The molecule has 10 rings (SSSR count). The number of para-hydroxylation sites is 3. The Labute approximate surface area is 564 Å². The maximum Gasteiger partial charge on any atom is 0.407 e. The number of carbonyl (C=O) groups excluding carboxylic acids is 10. The number of amides is 10. The first-order valence-electron chi connectivity index (χ1n) is 32.3. The Bertz CT molecular complexity index is 4450. The summed E-state index contributed by atoms with van der Waals surface area (Å²) < 4.78 is 5.84. The third kappa shape index (κ3) is 17.2. The summed E-state index contributed by atoms with van der Waals surface area (Å²) in [4.78, 5) is 150. The van der Waals surface area contributed by atoms with Gasteiger partial charge < -0.3 is 73.7 Å². The number of nitrogens with one attached hydrogen (secondary N) is 11. The first kappa shape index (κ1) is 69.0. The number of alkyl carbamates (subject to hydrolysis) is 1. The number of aromatic amines is 3. The SMILES string of the molecule is CC(C)=C(NC(=O)CNC(=O)[C@H](Cc1c[nH]c2ccccc12)NC(=O)OCC1c2ccccc2-c2ccccc21)C(=O)N[C@@H](CC(C)C)C(=O)N[C@@H](Cc1c[nH]c2ccccc12)C(=O)N[C@@H](CC(N)=O)C(=O)N[C@@H](Cc1c[nH]c2ccccc12)C(=O)N[C@@H](Cc1ccccc1)C(N)=O. The van der Waals surface area contributed by atoms with Crippen LogP contribution in [0, 0.1) is 5.92 Å². The molecule has 6 atom stereocenters. The normalized spacial score (nSPS) is 13.5. The van der Waals surface area contributed by atoms with Crippen LogP contribution in [0.15, 0.2) is 182 Å². The minimum Gasteiger partial charge on any atom is -0.449 e. The molecule has 1 aliphatic rings. The standard InChI is InChI=1S/C74H79N13O11/c1-41(2)30-59(85-73(96)66(42(3)4)87-65(89)39-80-68(91)60(32-44-36-77-55-27-15-12-20-47(44)55)86-74(97)98-40-54-52-25-10-8-23-50(52)51-24-9-11-26-53(51)54)69(92)82-62(34-46-38-79-57-29-17-14-22-49(46)57)71(94)84-63(35-64(75)88)72(95)83-61(33-45-37-78-56-28-16-13-21-48(45)56)70(93)81-58(67(76)90)31-43-18-6-5-7-19-43/h5-29,36-38,41,54,58-63,77-79H,30-35,39-40H2,1-4H3,(H2,75,88)(H2,76,90)(H,80,91)(H,81,93)(H,82,92)(H,83,95)(H,84,94)(H,85,96)(H,86,97)(H,87,89)/t58-,59-,60-,61-,62-,63-/m0/s1. The predicted octanol–water partition coefficient (Wildman–Crippen LogP) is 5.67. The van der Waals surface area contributed by atoms with Crippen LogP contribution in [0.5, 0.6) is 0 Å². The van der Waals surface area contributed by atoms with Gasteiger partial charge in [0.15, 0.2) is 0 Å². The Balaban J connectivity index is 0.828. The van der Waals surface area contributed by atoms with Gasteiger partial charge >= 0.3 is 6.09 Å². The third-order valence-corrected chi connectivity index (χ3v) is 17.2. The first-order valence-corrected chi connectivity index (χ1v) is 32.3. The van der Waals surface area contributed by atoms with Crippen molar-refractivity contribution in [3.8, 4) is 11.1 Å². The van der Waals surface area contributed by atoms with Gasteiger partial charge in [-0.25, -0.2) is 4.79 Å².